The predicted molar refractivity (Wildman–Crippen MR) is 100 cm³/mol. The van der Waals surface area contributed by atoms with Crippen molar-refractivity contribution in [2.75, 3.05) is 0 Å². The zero-order chi connectivity index (χ0) is 16.8. The molecule has 0 atom stereocenters. The van der Waals surface area contributed by atoms with Crippen LogP contribution in [-0.2, 0) is 16.8 Å². The Balaban J connectivity index is 0.00000168. The van der Waals surface area contributed by atoms with Crippen LogP contribution in [0.1, 0.15) is 11.4 Å². The van der Waals surface area contributed by atoms with E-state index in [0.717, 1.165) is 44.9 Å². The van der Waals surface area contributed by atoms with Gasteiger partial charge in [-0.2, -0.15) is 0 Å². The number of nitrogens with one attached hydrogen (secondary N) is 4. The maximum Gasteiger partial charge on any atom is 0.0796 e. The third-order valence-electron chi connectivity index (χ3n) is 4.23. The van der Waals surface area contributed by atoms with Crippen LogP contribution in [0.3, 0.4) is 0 Å². The van der Waals surface area contributed by atoms with E-state index in [9.17, 15) is 0 Å². The van der Waals surface area contributed by atoms with Gasteiger partial charge in [0.15, 0.2) is 0 Å². The minimum absolute atomic E-state index is 0. The van der Waals surface area contributed by atoms with Gasteiger partial charge >= 0.3 is 0 Å². The molecule has 2 aromatic heterocycles. The Morgan fingerprint density at radius 2 is 1.54 bits per heavy atom. The predicted octanol–water partition coefficient (Wildman–Crippen LogP) is 1.71. The summed E-state index contributed by atoms with van der Waals surface area (Å²) in [5, 5.41) is 13.4. The molecule has 2 aromatic rings. The van der Waals surface area contributed by atoms with Crippen LogP contribution in [0.15, 0.2) is 70.7 Å². The standard InChI is InChI=1S/C20H15N5.Co/c21-19-10-18-9-16-4-3-14(23-16)7-12-1-2-13(22-12)8-15-5-6-17(24-15)11-20(19)25-18;/h1-11,21-23,25H;. The maximum atomic E-state index is 8.15. The number of nitrogens with zero attached hydrogens (tertiary/aromatic N) is 1. The van der Waals surface area contributed by atoms with Gasteiger partial charge in [0.25, 0.3) is 0 Å². The van der Waals surface area contributed by atoms with Gasteiger partial charge in [0.05, 0.1) is 22.8 Å². The fourth-order valence-corrected chi connectivity index (χ4v) is 3.08. The number of rotatable bonds is 0. The van der Waals surface area contributed by atoms with E-state index in [4.69, 9.17) is 5.41 Å². The fourth-order valence-electron chi connectivity index (χ4n) is 3.08. The number of hydrogen-bond acceptors (Lipinski definition) is 3. The Morgan fingerprint density at radius 1 is 0.769 bits per heavy atom. The third-order valence-corrected chi connectivity index (χ3v) is 4.23. The van der Waals surface area contributed by atoms with Crippen molar-refractivity contribution in [3.63, 3.8) is 0 Å². The number of fused-ring (bicyclic) bond motifs is 7. The van der Waals surface area contributed by atoms with Crippen molar-refractivity contribution in [2.45, 2.75) is 0 Å². The van der Waals surface area contributed by atoms with Crippen LogP contribution in [0, 0.1) is 5.41 Å². The van der Waals surface area contributed by atoms with Crippen LogP contribution in [0.25, 0.3) is 18.2 Å². The summed E-state index contributed by atoms with van der Waals surface area (Å²) < 4.78 is 0. The van der Waals surface area contributed by atoms with E-state index in [-0.39, 0.29) is 16.8 Å². The van der Waals surface area contributed by atoms with Crippen LogP contribution in [-0.4, -0.2) is 21.4 Å². The molecule has 0 spiro atoms. The van der Waals surface area contributed by atoms with Crippen molar-refractivity contribution in [2.24, 2.45) is 4.99 Å². The van der Waals surface area contributed by atoms with E-state index in [1.54, 1.807) is 0 Å². The number of hydrogen-bond donors (Lipinski definition) is 4. The van der Waals surface area contributed by atoms with Crippen LogP contribution in [0.2, 0.25) is 0 Å². The molecule has 0 unspecified atom stereocenters. The van der Waals surface area contributed by atoms with E-state index in [0.29, 0.717) is 5.71 Å². The molecule has 1 radical (unpaired) electrons. The number of aliphatic imine (C=N–C) groups is 1. The monoisotopic (exact) mass is 384 g/mol. The Bertz CT molecular complexity index is 1180. The first-order valence-electron chi connectivity index (χ1n) is 8.07. The summed E-state index contributed by atoms with van der Waals surface area (Å²) in [6, 6.07) is 8.15. The third kappa shape index (κ3) is 3.07. The van der Waals surface area contributed by atoms with Gasteiger partial charge in [-0.25, -0.2) is 4.99 Å². The minimum Gasteiger partial charge on any atom is -0.355 e. The first-order chi connectivity index (χ1) is 12.2. The molecule has 5 heterocycles. The minimum atomic E-state index is 0. The summed E-state index contributed by atoms with van der Waals surface area (Å²) in [5.41, 5.74) is 5.85. The number of aromatic amines is 2. The van der Waals surface area contributed by atoms with E-state index in [1.807, 2.05) is 60.7 Å². The van der Waals surface area contributed by atoms with Gasteiger partial charge in [-0.05, 0) is 66.8 Å². The van der Waals surface area contributed by atoms with Crippen molar-refractivity contribution >= 4 is 29.7 Å². The molecule has 0 saturated carbocycles. The van der Waals surface area contributed by atoms with Crippen molar-refractivity contribution in [1.82, 2.24) is 15.3 Å². The first kappa shape index (κ1) is 16.4. The number of allylic oxidation sites excluding steroid dienone is 5. The van der Waals surface area contributed by atoms with Crippen molar-refractivity contribution < 1.29 is 16.8 Å². The topological polar surface area (TPSA) is 79.8 Å². The Morgan fingerprint density at radius 3 is 2.38 bits per heavy atom. The summed E-state index contributed by atoms with van der Waals surface area (Å²) in [4.78, 5) is 11.3. The summed E-state index contributed by atoms with van der Waals surface area (Å²) >= 11 is 0. The van der Waals surface area contributed by atoms with Crippen LogP contribution in [0.4, 0.5) is 0 Å². The summed E-state index contributed by atoms with van der Waals surface area (Å²) in [6.45, 7) is 0. The van der Waals surface area contributed by atoms with Crippen LogP contribution in [0.5, 0.6) is 0 Å². The molecular formula is C20H15CoN5. The quantitative estimate of drug-likeness (QED) is 0.548. The molecular weight excluding hydrogens is 369 g/mol. The molecule has 26 heavy (non-hydrogen) atoms. The molecule has 4 N–H and O–H groups in total. The van der Waals surface area contributed by atoms with Gasteiger partial charge < -0.3 is 15.3 Å². The van der Waals surface area contributed by atoms with Crippen molar-refractivity contribution in [3.8, 4) is 0 Å². The molecule has 0 aromatic carbocycles. The normalized spacial score (nSPS) is 17.2. The first-order valence-corrected chi connectivity index (χ1v) is 8.07. The molecule has 8 bridgehead atoms. The van der Waals surface area contributed by atoms with Crippen LogP contribution < -0.4 is 16.0 Å². The van der Waals surface area contributed by atoms with Gasteiger partial charge in [0, 0.05) is 44.6 Å². The van der Waals surface area contributed by atoms with Gasteiger partial charge in [-0.15, -0.1) is 0 Å². The van der Waals surface area contributed by atoms with Crippen molar-refractivity contribution in [1.29, 1.82) is 5.41 Å². The van der Waals surface area contributed by atoms with E-state index in [1.165, 1.54) is 0 Å². The zero-order valence-corrected chi connectivity index (χ0v) is 14.7. The van der Waals surface area contributed by atoms with Gasteiger partial charge in [-0.1, -0.05) is 0 Å². The van der Waals surface area contributed by atoms with Crippen LogP contribution >= 0.6 is 0 Å². The van der Waals surface area contributed by atoms with E-state index in [2.05, 4.69) is 26.4 Å². The van der Waals surface area contributed by atoms with Gasteiger partial charge in [-0.3, -0.25) is 5.41 Å². The zero-order valence-electron chi connectivity index (χ0n) is 13.6. The Labute approximate surface area is 160 Å². The van der Waals surface area contributed by atoms with Gasteiger partial charge in [0.2, 0.25) is 0 Å². The average molecular weight is 384 g/mol. The molecule has 3 aliphatic rings. The Hall–Kier alpha value is -3.09. The molecule has 3 aliphatic heterocycles. The van der Waals surface area contributed by atoms with Crippen molar-refractivity contribution in [3.05, 3.63) is 87.7 Å². The second-order valence-electron chi connectivity index (χ2n) is 6.16. The maximum absolute atomic E-state index is 8.15. The van der Waals surface area contributed by atoms with E-state index < -0.39 is 0 Å². The summed E-state index contributed by atoms with van der Waals surface area (Å²) in [6.07, 6.45) is 13.7. The van der Waals surface area contributed by atoms with E-state index >= 15 is 0 Å². The Kier molecular flexibility index (Phi) is 3.98. The largest absolute Gasteiger partial charge is 0.355 e. The molecule has 0 amide bonds. The number of aromatic nitrogens is 2. The molecule has 0 aliphatic carbocycles. The molecule has 5 rings (SSSR count). The summed E-state index contributed by atoms with van der Waals surface area (Å²) in [5.74, 6) is 0. The smallest absolute Gasteiger partial charge is 0.0796 e. The fraction of sp³-hybridized carbons (Fsp3) is 0. The average Bonchev–Trinajstić information content (AvgIpc) is 3.33. The molecule has 6 heteroatoms. The number of H-pyrrole nitrogens is 2. The SMILES string of the molecule is N=C1C=C2C=c3ccc([nH]3)=Cc3ccc([nH]3)C=C3C=CC(=N3)C=C1N2.[Co]. The molecule has 5 nitrogen and oxygen atoms in total. The molecule has 129 valence electrons. The summed E-state index contributed by atoms with van der Waals surface area (Å²) in [7, 11) is 0. The van der Waals surface area contributed by atoms with Gasteiger partial charge in [0.1, 0.15) is 0 Å². The molecule has 0 fully saturated rings. The second-order valence-corrected chi connectivity index (χ2v) is 6.16. The molecule has 0 saturated heterocycles. The second kappa shape index (κ2) is 6.33.